The molecule has 0 fully saturated rings. The van der Waals surface area contributed by atoms with Gasteiger partial charge in [-0.1, -0.05) is 17.8 Å². The van der Waals surface area contributed by atoms with Crippen LogP contribution in [0.1, 0.15) is 12.5 Å². The minimum atomic E-state index is -0.243. The van der Waals surface area contributed by atoms with Gasteiger partial charge in [-0.25, -0.2) is 9.97 Å². The summed E-state index contributed by atoms with van der Waals surface area (Å²) in [4.78, 5) is 22.3. The van der Waals surface area contributed by atoms with E-state index in [2.05, 4.69) is 20.3 Å². The maximum absolute atomic E-state index is 11.3. The average molecular weight is 277 g/mol. The number of aromatic amines is 1. The van der Waals surface area contributed by atoms with E-state index < -0.39 is 0 Å². The van der Waals surface area contributed by atoms with E-state index in [-0.39, 0.29) is 11.4 Å². The minimum Gasteiger partial charge on any atom is -0.383 e. The number of nitrogens with two attached hydrogens (primary N) is 1. The number of H-pyrrole nitrogens is 1. The van der Waals surface area contributed by atoms with Gasteiger partial charge in [0.05, 0.1) is 0 Å². The third-order valence-electron chi connectivity index (χ3n) is 2.34. The Morgan fingerprint density at radius 2 is 2.37 bits per heavy atom. The van der Waals surface area contributed by atoms with Gasteiger partial charge in [0.1, 0.15) is 11.6 Å². The van der Waals surface area contributed by atoms with E-state index in [0.717, 1.165) is 17.9 Å². The second-order valence-electron chi connectivity index (χ2n) is 3.81. The quantitative estimate of drug-likeness (QED) is 0.565. The Bertz CT molecular complexity index is 613. The van der Waals surface area contributed by atoms with Crippen molar-refractivity contribution < 1.29 is 0 Å². The van der Waals surface area contributed by atoms with Crippen molar-refractivity contribution in [1.82, 2.24) is 15.0 Å². The summed E-state index contributed by atoms with van der Waals surface area (Å²) in [6, 6.07) is 5.13. The molecule has 2 rings (SSSR count). The van der Waals surface area contributed by atoms with E-state index in [9.17, 15) is 4.79 Å². The lowest BCUT2D eigenvalue weighted by atomic mass is 10.3. The summed E-state index contributed by atoms with van der Waals surface area (Å²) in [6.07, 6.45) is 1.74. The topological polar surface area (TPSA) is 96.7 Å². The molecule has 2 aromatic rings. The van der Waals surface area contributed by atoms with Crippen LogP contribution in [-0.4, -0.2) is 21.5 Å². The zero-order chi connectivity index (χ0) is 13.7. The summed E-state index contributed by atoms with van der Waals surface area (Å²) >= 11 is 1.42. The number of hydrogen-bond acceptors (Lipinski definition) is 6. The summed E-state index contributed by atoms with van der Waals surface area (Å²) in [6.45, 7) is 2.82. The Balaban J connectivity index is 2.12. The van der Waals surface area contributed by atoms with E-state index in [1.807, 2.05) is 19.1 Å². The van der Waals surface area contributed by atoms with Crippen molar-refractivity contribution in [2.75, 3.05) is 17.6 Å². The summed E-state index contributed by atoms with van der Waals surface area (Å²) in [7, 11) is 0. The van der Waals surface area contributed by atoms with Crippen molar-refractivity contribution in [3.05, 3.63) is 40.3 Å². The summed E-state index contributed by atoms with van der Waals surface area (Å²) in [5.41, 5.74) is 6.35. The molecule has 0 aliphatic rings. The Morgan fingerprint density at radius 3 is 3.11 bits per heavy atom. The van der Waals surface area contributed by atoms with Crippen molar-refractivity contribution >= 4 is 23.4 Å². The van der Waals surface area contributed by atoms with Crippen LogP contribution in [-0.2, 0) is 5.75 Å². The highest BCUT2D eigenvalue weighted by molar-refractivity contribution is 7.98. The zero-order valence-electron chi connectivity index (χ0n) is 10.5. The number of nitrogens with one attached hydrogen (secondary N) is 2. The van der Waals surface area contributed by atoms with Gasteiger partial charge in [0.15, 0.2) is 5.16 Å². The smallest absolute Gasteiger partial charge is 0.253 e. The first-order valence-electron chi connectivity index (χ1n) is 5.86. The number of hydrogen-bond donors (Lipinski definition) is 3. The summed E-state index contributed by atoms with van der Waals surface area (Å²) in [5, 5.41) is 3.70. The van der Waals surface area contributed by atoms with Gasteiger partial charge >= 0.3 is 0 Å². The number of thioether (sulfide) groups is 1. The highest BCUT2D eigenvalue weighted by Crippen LogP contribution is 2.22. The molecule has 4 N–H and O–H groups in total. The van der Waals surface area contributed by atoms with Crippen molar-refractivity contribution in [1.29, 1.82) is 0 Å². The van der Waals surface area contributed by atoms with Gasteiger partial charge in [0, 0.05) is 30.1 Å². The van der Waals surface area contributed by atoms with Gasteiger partial charge < -0.3 is 16.0 Å². The average Bonchev–Trinajstić information content (AvgIpc) is 2.37. The first-order valence-corrected chi connectivity index (χ1v) is 6.85. The zero-order valence-corrected chi connectivity index (χ0v) is 11.3. The fourth-order valence-electron chi connectivity index (χ4n) is 1.55. The molecule has 0 saturated carbocycles. The minimum absolute atomic E-state index is 0.226. The summed E-state index contributed by atoms with van der Waals surface area (Å²) in [5.74, 6) is 1.73. The molecule has 6 nitrogen and oxygen atoms in total. The summed E-state index contributed by atoms with van der Waals surface area (Å²) < 4.78 is 0. The Kier molecular flexibility index (Phi) is 4.40. The molecule has 0 bridgehead atoms. The fourth-order valence-corrected chi connectivity index (χ4v) is 2.42. The van der Waals surface area contributed by atoms with Gasteiger partial charge in [0.25, 0.3) is 5.56 Å². The van der Waals surface area contributed by atoms with Gasteiger partial charge in [-0.3, -0.25) is 4.79 Å². The first kappa shape index (κ1) is 13.4. The van der Waals surface area contributed by atoms with Crippen molar-refractivity contribution in [3.63, 3.8) is 0 Å². The van der Waals surface area contributed by atoms with Crippen LogP contribution >= 0.6 is 11.8 Å². The normalized spacial score (nSPS) is 10.4. The monoisotopic (exact) mass is 277 g/mol. The van der Waals surface area contributed by atoms with E-state index in [1.54, 1.807) is 6.20 Å². The number of nitrogen functional groups attached to an aromatic ring is 1. The van der Waals surface area contributed by atoms with E-state index in [0.29, 0.717) is 10.9 Å². The van der Waals surface area contributed by atoms with Gasteiger partial charge in [-0.15, -0.1) is 0 Å². The largest absolute Gasteiger partial charge is 0.383 e. The van der Waals surface area contributed by atoms with Crippen molar-refractivity contribution in [2.45, 2.75) is 17.8 Å². The van der Waals surface area contributed by atoms with Crippen molar-refractivity contribution in [3.8, 4) is 0 Å². The SMILES string of the molecule is CCNc1ncccc1CSc1nc(N)cc(=O)[nH]1. The van der Waals surface area contributed by atoms with Crippen LogP contribution < -0.4 is 16.6 Å². The molecule has 0 aliphatic heterocycles. The van der Waals surface area contributed by atoms with E-state index in [4.69, 9.17) is 5.73 Å². The molecule has 0 amide bonds. The number of rotatable bonds is 5. The van der Waals surface area contributed by atoms with E-state index in [1.165, 1.54) is 17.8 Å². The van der Waals surface area contributed by atoms with Crippen LogP contribution in [0.3, 0.4) is 0 Å². The number of pyridine rings is 1. The number of aromatic nitrogens is 3. The molecule has 0 saturated heterocycles. The highest BCUT2D eigenvalue weighted by Gasteiger charge is 2.05. The number of nitrogens with zero attached hydrogens (tertiary/aromatic N) is 2. The molecule has 0 aromatic carbocycles. The molecule has 0 unspecified atom stereocenters. The second-order valence-corrected chi connectivity index (χ2v) is 4.77. The van der Waals surface area contributed by atoms with E-state index >= 15 is 0 Å². The van der Waals surface area contributed by atoms with Gasteiger partial charge in [-0.05, 0) is 13.0 Å². The lowest BCUT2D eigenvalue weighted by Crippen LogP contribution is -2.09. The van der Waals surface area contributed by atoms with Crippen molar-refractivity contribution in [2.24, 2.45) is 0 Å². The van der Waals surface area contributed by atoms with Crippen LogP contribution in [0, 0.1) is 0 Å². The predicted octanol–water partition coefficient (Wildman–Crippen LogP) is 1.47. The molecule has 2 heterocycles. The fraction of sp³-hybridized carbons (Fsp3) is 0.250. The van der Waals surface area contributed by atoms with Crippen LogP contribution in [0.25, 0.3) is 0 Å². The number of anilines is 2. The molecule has 19 heavy (non-hydrogen) atoms. The maximum Gasteiger partial charge on any atom is 0.253 e. The molecule has 7 heteroatoms. The van der Waals surface area contributed by atoms with Gasteiger partial charge in [0.2, 0.25) is 0 Å². The van der Waals surface area contributed by atoms with Crippen LogP contribution in [0.15, 0.2) is 34.3 Å². The molecule has 0 radical (unpaired) electrons. The molecule has 0 atom stereocenters. The third kappa shape index (κ3) is 3.72. The Hall–Kier alpha value is -2.02. The Morgan fingerprint density at radius 1 is 1.53 bits per heavy atom. The molecule has 2 aromatic heterocycles. The second kappa shape index (κ2) is 6.24. The molecule has 100 valence electrons. The highest BCUT2D eigenvalue weighted by atomic mass is 32.2. The Labute approximate surface area is 114 Å². The molecular weight excluding hydrogens is 262 g/mol. The third-order valence-corrected chi connectivity index (χ3v) is 3.26. The maximum atomic E-state index is 11.3. The first-order chi connectivity index (χ1) is 9.19. The molecule has 0 aliphatic carbocycles. The van der Waals surface area contributed by atoms with Gasteiger partial charge in [-0.2, -0.15) is 0 Å². The van der Waals surface area contributed by atoms with Crippen LogP contribution in [0.2, 0.25) is 0 Å². The van der Waals surface area contributed by atoms with Crippen LogP contribution in [0.5, 0.6) is 0 Å². The standard InChI is InChI=1S/C12H15N5OS/c1-2-14-11-8(4-3-5-15-11)7-19-12-16-9(13)6-10(18)17-12/h3-6H,2,7H2,1H3,(H,14,15)(H3,13,16,17,18). The molecular formula is C12H15N5OS. The van der Waals surface area contributed by atoms with Crippen LogP contribution in [0.4, 0.5) is 11.6 Å². The molecule has 0 spiro atoms. The lowest BCUT2D eigenvalue weighted by Gasteiger charge is -2.08. The predicted molar refractivity (Wildman–Crippen MR) is 77.2 cm³/mol. The lowest BCUT2D eigenvalue weighted by molar-refractivity contribution is 0.944.